The topological polar surface area (TPSA) is 126 Å². The van der Waals surface area contributed by atoms with E-state index in [2.05, 4.69) is 26.9 Å². The van der Waals surface area contributed by atoms with Crippen molar-refractivity contribution < 1.29 is 34.4 Å². The van der Waals surface area contributed by atoms with Crippen LogP contribution in [0.25, 0.3) is 0 Å². The number of benzene rings is 2. The second-order valence-electron chi connectivity index (χ2n) is 15.2. The number of rotatable bonds is 2. The molecule has 11 nitrogen and oxygen atoms in total. The number of hydrogen-bond acceptors (Lipinski definition) is 10. The summed E-state index contributed by atoms with van der Waals surface area (Å²) in [6.45, 7) is 2.19. The normalized spacial score (nSPS) is 40.9. The Morgan fingerprint density at radius 3 is 2.64 bits per heavy atom. The molecular weight excluding hydrogens is 600 g/mol. The highest BCUT2D eigenvalue weighted by Crippen LogP contribution is 2.74. The molecule has 0 unspecified atom stereocenters. The first-order chi connectivity index (χ1) is 22.5. The van der Waals surface area contributed by atoms with Gasteiger partial charge in [0, 0.05) is 32.1 Å². The number of aromatic hydroxyl groups is 2. The number of nitrogens with zero attached hydrogens (tertiary/aromatic N) is 4. The number of methoxy groups -OCH3 is 1. The molecule has 11 heteroatoms. The summed E-state index contributed by atoms with van der Waals surface area (Å²) in [5, 5.41) is 37.1. The van der Waals surface area contributed by atoms with Crippen LogP contribution in [0.1, 0.15) is 61.6 Å². The molecule has 1 aliphatic carbocycles. The highest BCUT2D eigenvalue weighted by molar-refractivity contribution is 6.02. The molecule has 7 aliphatic heterocycles. The number of carbonyl (C=O) groups excluding carboxylic acids is 2. The number of phenols is 2. The van der Waals surface area contributed by atoms with E-state index in [1.165, 1.54) is 4.90 Å². The maximum Gasteiger partial charge on any atom is 0.308 e. The van der Waals surface area contributed by atoms with Crippen molar-refractivity contribution >= 4 is 23.3 Å². The standard InChI is InChI=1S/C36H40N4O7/c1-37-16-13-33(20-6-4-7-23(41)28(20)40-26(42)9-8-25(37)35(33,40)45)22-18-21-29(31(46-3)30(22)44)38(2)24-10-12-32-11-5-15-39-17-14-34(21,24)36(32,39)47-27(43)19-32/h4,6-7,10,12,18,24-25,41,44-45H,5,8-9,11,13-17,19H2,1-3H3/t24-,25-,32+,33+,34+,35+,36-/m0/s1. The van der Waals surface area contributed by atoms with E-state index >= 15 is 0 Å². The minimum absolute atomic E-state index is 0.0834. The van der Waals surface area contributed by atoms with Gasteiger partial charge in [-0.2, -0.15) is 0 Å². The van der Waals surface area contributed by atoms with Crippen molar-refractivity contribution in [2.45, 2.75) is 79.3 Å². The summed E-state index contributed by atoms with van der Waals surface area (Å²) in [5.74, 6) is -0.322. The first kappa shape index (κ1) is 28.2. The number of anilines is 2. The lowest BCUT2D eigenvalue weighted by molar-refractivity contribution is -0.207. The SMILES string of the molecule is COc1c(O)c([C@@]23CCN(C)[C@H]4CCC(=O)N(c5c(O)cccc52)[C@@]43O)cc2c1N(C)[C@H]1C=C[C@@]34CCCN5CC[C@@]21[C@]53OC(=O)C4. The van der Waals surface area contributed by atoms with E-state index in [0.29, 0.717) is 48.4 Å². The fourth-order valence-corrected chi connectivity index (χ4v) is 12.4. The average Bonchev–Trinajstić information content (AvgIpc) is 3.70. The van der Waals surface area contributed by atoms with Crippen molar-refractivity contribution in [1.29, 1.82) is 0 Å². The maximum atomic E-state index is 13.8. The van der Waals surface area contributed by atoms with Crippen LogP contribution in [-0.4, -0.2) is 101 Å². The first-order valence-electron chi connectivity index (χ1n) is 17.0. The lowest BCUT2D eigenvalue weighted by Crippen LogP contribution is -2.75. The second-order valence-corrected chi connectivity index (χ2v) is 15.2. The minimum atomic E-state index is -1.80. The molecule has 0 saturated carbocycles. The molecular formula is C36H40N4O7. The van der Waals surface area contributed by atoms with E-state index in [-0.39, 0.29) is 35.8 Å². The zero-order valence-electron chi connectivity index (χ0n) is 27.0. The molecule has 2 spiro atoms. The third kappa shape index (κ3) is 2.62. The van der Waals surface area contributed by atoms with Gasteiger partial charge in [0.1, 0.15) is 5.75 Å². The van der Waals surface area contributed by atoms with E-state index in [4.69, 9.17) is 9.47 Å². The molecule has 3 N–H and O–H groups in total. The maximum absolute atomic E-state index is 13.8. The molecule has 7 heterocycles. The highest BCUT2D eigenvalue weighted by atomic mass is 16.6. The Hall–Kier alpha value is -3.80. The van der Waals surface area contributed by atoms with Crippen molar-refractivity contribution in [1.82, 2.24) is 9.80 Å². The Balaban J connectivity index is 1.31. The number of esters is 1. The van der Waals surface area contributed by atoms with Crippen LogP contribution in [-0.2, 0) is 25.2 Å². The van der Waals surface area contributed by atoms with E-state index in [1.807, 2.05) is 26.2 Å². The summed E-state index contributed by atoms with van der Waals surface area (Å²) in [5.41, 5.74) is -2.06. The molecule has 47 heavy (non-hydrogen) atoms. The number of ether oxygens (including phenoxy) is 2. The number of likely N-dealkylation sites (N-methyl/N-ethyl adjacent to an activating group) is 2. The first-order valence-corrected chi connectivity index (χ1v) is 17.0. The molecule has 5 fully saturated rings. The van der Waals surface area contributed by atoms with Gasteiger partial charge in [-0.25, -0.2) is 0 Å². The monoisotopic (exact) mass is 640 g/mol. The Bertz CT molecular complexity index is 1860. The summed E-state index contributed by atoms with van der Waals surface area (Å²) in [6, 6.07) is 6.59. The number of aliphatic hydroxyl groups is 1. The second kappa shape index (κ2) is 8.43. The highest BCUT2D eigenvalue weighted by Gasteiger charge is 2.81. The Morgan fingerprint density at radius 2 is 1.83 bits per heavy atom. The molecule has 1 amide bonds. The number of likely N-dealkylation sites (tertiary alicyclic amines) is 1. The molecule has 5 saturated heterocycles. The third-order valence-electron chi connectivity index (χ3n) is 13.9. The lowest BCUT2D eigenvalue weighted by atomic mass is 9.52. The van der Waals surface area contributed by atoms with Crippen molar-refractivity contribution in [3.8, 4) is 17.2 Å². The number of hydrogen-bond donors (Lipinski definition) is 3. The Kier molecular flexibility index (Phi) is 5.06. The Morgan fingerprint density at radius 1 is 1.00 bits per heavy atom. The number of piperidine rings is 3. The minimum Gasteiger partial charge on any atom is -0.506 e. The summed E-state index contributed by atoms with van der Waals surface area (Å²) < 4.78 is 12.8. The summed E-state index contributed by atoms with van der Waals surface area (Å²) in [4.78, 5) is 35.3. The fraction of sp³-hybridized carbons (Fsp3) is 0.556. The van der Waals surface area contributed by atoms with Crippen LogP contribution >= 0.6 is 0 Å². The van der Waals surface area contributed by atoms with Crippen molar-refractivity contribution in [2.24, 2.45) is 5.41 Å². The van der Waals surface area contributed by atoms with Crippen LogP contribution in [0.2, 0.25) is 0 Å². The molecule has 7 atom stereocenters. The van der Waals surface area contributed by atoms with E-state index in [1.54, 1.807) is 19.2 Å². The summed E-state index contributed by atoms with van der Waals surface area (Å²) in [7, 11) is 5.53. The molecule has 0 bridgehead atoms. The molecule has 246 valence electrons. The summed E-state index contributed by atoms with van der Waals surface area (Å²) >= 11 is 0. The average molecular weight is 641 g/mol. The van der Waals surface area contributed by atoms with E-state index in [9.17, 15) is 24.9 Å². The molecule has 0 radical (unpaired) electrons. The van der Waals surface area contributed by atoms with Gasteiger partial charge in [-0.1, -0.05) is 24.3 Å². The zero-order chi connectivity index (χ0) is 32.5. The molecule has 0 aromatic heterocycles. The largest absolute Gasteiger partial charge is 0.506 e. The molecule has 8 aliphatic rings. The van der Waals surface area contributed by atoms with Crippen LogP contribution in [0, 0.1) is 5.41 Å². The van der Waals surface area contributed by atoms with Crippen molar-refractivity contribution in [2.75, 3.05) is 50.6 Å². The molecule has 10 rings (SSSR count). The predicted octanol–water partition coefficient (Wildman–Crippen LogP) is 2.68. The van der Waals surface area contributed by atoms with Crippen LogP contribution in [0.15, 0.2) is 36.4 Å². The van der Waals surface area contributed by atoms with Gasteiger partial charge in [0.25, 0.3) is 0 Å². The van der Waals surface area contributed by atoms with Gasteiger partial charge < -0.3 is 29.7 Å². The molecule has 2 aromatic carbocycles. The number of carbonyl (C=O) groups is 2. The summed E-state index contributed by atoms with van der Waals surface area (Å²) in [6.07, 6.45) is 8.43. The van der Waals surface area contributed by atoms with Crippen LogP contribution in [0.5, 0.6) is 17.2 Å². The number of amides is 1. The van der Waals surface area contributed by atoms with Gasteiger partial charge in [0.05, 0.1) is 53.2 Å². The smallest absolute Gasteiger partial charge is 0.308 e. The van der Waals surface area contributed by atoms with Crippen molar-refractivity contribution in [3.63, 3.8) is 0 Å². The fourth-order valence-electron chi connectivity index (χ4n) is 12.4. The molecule has 2 aromatic rings. The van der Waals surface area contributed by atoms with Crippen LogP contribution < -0.4 is 14.5 Å². The van der Waals surface area contributed by atoms with E-state index in [0.717, 1.165) is 43.6 Å². The zero-order valence-corrected chi connectivity index (χ0v) is 27.0. The van der Waals surface area contributed by atoms with Gasteiger partial charge in [0.2, 0.25) is 5.91 Å². The van der Waals surface area contributed by atoms with Gasteiger partial charge >= 0.3 is 5.97 Å². The quantitative estimate of drug-likeness (QED) is 0.333. The van der Waals surface area contributed by atoms with Gasteiger partial charge in [0.15, 0.2) is 22.9 Å². The van der Waals surface area contributed by atoms with Gasteiger partial charge in [-0.3, -0.25) is 24.3 Å². The van der Waals surface area contributed by atoms with Crippen molar-refractivity contribution in [3.05, 3.63) is 53.1 Å². The number of para-hydroxylation sites is 1. The Labute approximate surface area is 272 Å². The van der Waals surface area contributed by atoms with Crippen LogP contribution in [0.3, 0.4) is 0 Å². The lowest BCUT2D eigenvalue weighted by Gasteiger charge is -2.59. The van der Waals surface area contributed by atoms with Gasteiger partial charge in [-0.15, -0.1) is 0 Å². The van der Waals surface area contributed by atoms with Crippen LogP contribution in [0.4, 0.5) is 11.4 Å². The number of phenolic OH excluding ortho intramolecular Hbond substituents is 2. The third-order valence-corrected chi connectivity index (χ3v) is 13.9. The van der Waals surface area contributed by atoms with Gasteiger partial charge in [-0.05, 0) is 69.0 Å². The number of fused-ring (bicyclic) bond motifs is 4. The predicted molar refractivity (Wildman–Crippen MR) is 171 cm³/mol. The van der Waals surface area contributed by atoms with E-state index < -0.39 is 33.7 Å².